The van der Waals surface area contributed by atoms with Crippen LogP contribution >= 0.6 is 23.2 Å². The molecule has 0 spiro atoms. The van der Waals surface area contributed by atoms with Crippen LogP contribution in [0, 0.1) is 13.8 Å². The van der Waals surface area contributed by atoms with E-state index >= 15 is 0 Å². The third-order valence-electron chi connectivity index (χ3n) is 4.35. The molecule has 3 nitrogen and oxygen atoms in total. The summed E-state index contributed by atoms with van der Waals surface area (Å²) in [6, 6.07) is 19.1. The number of benzene rings is 3. The summed E-state index contributed by atoms with van der Waals surface area (Å²) in [6.45, 7) is 3.88. The summed E-state index contributed by atoms with van der Waals surface area (Å²) < 4.78 is 5.61. The Hall–Kier alpha value is -2.62. The number of halogens is 2. The van der Waals surface area contributed by atoms with Gasteiger partial charge in [0.25, 0.3) is 0 Å². The largest absolute Gasteiger partial charge is 0.445 e. The number of rotatable bonds is 5. The van der Waals surface area contributed by atoms with Crippen molar-refractivity contribution in [3.8, 4) is 0 Å². The molecule has 3 rings (SSSR count). The van der Waals surface area contributed by atoms with E-state index in [0.717, 1.165) is 11.1 Å². The van der Waals surface area contributed by atoms with Gasteiger partial charge in [-0.15, -0.1) is 0 Å². The average molecular weight is 413 g/mol. The molecule has 0 aliphatic heterocycles. The van der Waals surface area contributed by atoms with Crippen molar-refractivity contribution in [2.24, 2.45) is 0 Å². The van der Waals surface area contributed by atoms with E-state index in [0.29, 0.717) is 11.1 Å². The van der Waals surface area contributed by atoms with Crippen molar-refractivity contribution in [3.05, 3.63) is 105 Å². The number of ether oxygens (including phenoxy) is 1. The number of carbonyl (C=O) groups excluding carboxylic acids is 2. The summed E-state index contributed by atoms with van der Waals surface area (Å²) in [7, 11) is 0. The zero-order valence-electron chi connectivity index (χ0n) is 15.4. The molecule has 0 radical (unpaired) electrons. The van der Waals surface area contributed by atoms with Gasteiger partial charge in [0, 0.05) is 11.1 Å². The molecule has 0 aliphatic carbocycles. The maximum atomic E-state index is 13.1. The second kappa shape index (κ2) is 8.59. The molecule has 0 aliphatic rings. The SMILES string of the molecule is Cc1ccc(C(=O)[C@@H](OC(=O)c2cccc(Cl)c2Cl)c2ccc(C)cc2)cc1. The molecule has 0 amide bonds. The van der Waals surface area contributed by atoms with Gasteiger partial charge < -0.3 is 4.74 Å². The molecule has 0 saturated carbocycles. The van der Waals surface area contributed by atoms with Crippen molar-refractivity contribution in [1.82, 2.24) is 0 Å². The van der Waals surface area contributed by atoms with Gasteiger partial charge in [0.2, 0.25) is 5.78 Å². The lowest BCUT2D eigenvalue weighted by atomic mass is 9.98. The Bertz CT molecular complexity index is 1010. The summed E-state index contributed by atoms with van der Waals surface area (Å²) >= 11 is 12.1. The molecule has 0 heterocycles. The van der Waals surface area contributed by atoms with Gasteiger partial charge in [-0.1, -0.05) is 88.9 Å². The van der Waals surface area contributed by atoms with E-state index in [1.54, 1.807) is 36.4 Å². The minimum Gasteiger partial charge on any atom is -0.445 e. The van der Waals surface area contributed by atoms with E-state index in [1.165, 1.54) is 6.07 Å². The Kier molecular flexibility index (Phi) is 6.18. The van der Waals surface area contributed by atoms with E-state index in [2.05, 4.69) is 0 Å². The maximum Gasteiger partial charge on any atom is 0.340 e. The van der Waals surface area contributed by atoms with Crippen LogP contribution < -0.4 is 0 Å². The van der Waals surface area contributed by atoms with Crippen LogP contribution in [0.2, 0.25) is 10.0 Å². The summed E-state index contributed by atoms with van der Waals surface area (Å²) in [5, 5.41) is 0.340. The third kappa shape index (κ3) is 4.44. The Morgan fingerprint density at radius 1 is 0.821 bits per heavy atom. The van der Waals surface area contributed by atoms with E-state index in [4.69, 9.17) is 27.9 Å². The van der Waals surface area contributed by atoms with Crippen molar-refractivity contribution >= 4 is 35.0 Å². The van der Waals surface area contributed by atoms with Crippen LogP contribution in [0.15, 0.2) is 66.7 Å². The highest BCUT2D eigenvalue weighted by Crippen LogP contribution is 2.29. The normalized spacial score (nSPS) is 11.7. The Morgan fingerprint density at radius 3 is 2.00 bits per heavy atom. The predicted molar refractivity (Wildman–Crippen MR) is 111 cm³/mol. The molecule has 0 N–H and O–H groups in total. The van der Waals surface area contributed by atoms with Crippen LogP contribution in [-0.2, 0) is 4.74 Å². The first kappa shape index (κ1) is 20.1. The molecular formula is C23H18Cl2O3. The molecule has 0 unspecified atom stereocenters. The molecule has 5 heteroatoms. The lowest BCUT2D eigenvalue weighted by Crippen LogP contribution is -2.20. The van der Waals surface area contributed by atoms with E-state index < -0.39 is 12.1 Å². The zero-order chi connectivity index (χ0) is 20.3. The van der Waals surface area contributed by atoms with E-state index in [-0.39, 0.29) is 21.4 Å². The molecule has 0 bridgehead atoms. The minimum absolute atomic E-state index is 0.0969. The molecule has 0 saturated heterocycles. The van der Waals surface area contributed by atoms with E-state index in [9.17, 15) is 9.59 Å². The monoisotopic (exact) mass is 412 g/mol. The molecule has 142 valence electrons. The van der Waals surface area contributed by atoms with Gasteiger partial charge in [0.1, 0.15) is 0 Å². The highest BCUT2D eigenvalue weighted by molar-refractivity contribution is 6.43. The second-order valence-electron chi connectivity index (χ2n) is 6.53. The van der Waals surface area contributed by atoms with Crippen molar-refractivity contribution in [1.29, 1.82) is 0 Å². The van der Waals surface area contributed by atoms with Crippen LogP contribution in [0.4, 0.5) is 0 Å². The molecule has 28 heavy (non-hydrogen) atoms. The van der Waals surface area contributed by atoms with Crippen LogP contribution in [0.5, 0.6) is 0 Å². The number of Topliss-reactive ketones (excluding diaryl/α,β-unsaturated/α-hetero) is 1. The Morgan fingerprint density at radius 2 is 1.39 bits per heavy atom. The third-order valence-corrected chi connectivity index (χ3v) is 5.17. The lowest BCUT2D eigenvalue weighted by molar-refractivity contribution is 0.0280. The Labute approximate surface area is 173 Å². The minimum atomic E-state index is -1.09. The molecule has 0 fully saturated rings. The molecule has 1 atom stereocenters. The summed E-state index contributed by atoms with van der Waals surface area (Å²) in [6.07, 6.45) is -1.09. The van der Waals surface area contributed by atoms with Crippen molar-refractivity contribution in [3.63, 3.8) is 0 Å². The van der Waals surface area contributed by atoms with Gasteiger partial charge in [-0.05, 0) is 26.0 Å². The van der Waals surface area contributed by atoms with Crippen LogP contribution in [-0.4, -0.2) is 11.8 Å². The van der Waals surface area contributed by atoms with Gasteiger partial charge in [0.05, 0.1) is 15.6 Å². The highest BCUT2D eigenvalue weighted by atomic mass is 35.5. The molecule has 0 aromatic heterocycles. The summed E-state index contributed by atoms with van der Waals surface area (Å²) in [4.78, 5) is 25.9. The number of carbonyl (C=O) groups is 2. The smallest absolute Gasteiger partial charge is 0.340 e. The topological polar surface area (TPSA) is 43.4 Å². The molecular weight excluding hydrogens is 395 g/mol. The number of ketones is 1. The standard InChI is InChI=1S/C23H18Cl2O3/c1-14-6-10-16(11-7-14)21(26)22(17-12-8-15(2)9-13-17)28-23(27)18-4-3-5-19(24)20(18)25/h3-13,22H,1-2H3/t22-/m0/s1. The van der Waals surface area contributed by atoms with Gasteiger partial charge in [-0.3, -0.25) is 4.79 Å². The van der Waals surface area contributed by atoms with Crippen LogP contribution in [0.1, 0.15) is 43.5 Å². The average Bonchev–Trinajstić information content (AvgIpc) is 2.69. The molecule has 3 aromatic rings. The van der Waals surface area contributed by atoms with Gasteiger partial charge in [-0.2, -0.15) is 0 Å². The summed E-state index contributed by atoms with van der Waals surface area (Å²) in [5.41, 5.74) is 3.23. The van der Waals surface area contributed by atoms with Gasteiger partial charge in [0.15, 0.2) is 6.10 Å². The van der Waals surface area contributed by atoms with Gasteiger partial charge >= 0.3 is 5.97 Å². The number of hydrogen-bond donors (Lipinski definition) is 0. The fourth-order valence-electron chi connectivity index (χ4n) is 2.72. The first-order valence-electron chi connectivity index (χ1n) is 8.69. The fraction of sp³-hybridized carbons (Fsp3) is 0.130. The predicted octanol–water partition coefficient (Wildman–Crippen LogP) is 6.39. The van der Waals surface area contributed by atoms with Crippen molar-refractivity contribution in [2.45, 2.75) is 20.0 Å². The maximum absolute atomic E-state index is 13.1. The zero-order valence-corrected chi connectivity index (χ0v) is 16.9. The number of hydrogen-bond acceptors (Lipinski definition) is 3. The fourth-order valence-corrected chi connectivity index (χ4v) is 3.09. The lowest BCUT2D eigenvalue weighted by Gasteiger charge is -2.18. The van der Waals surface area contributed by atoms with E-state index in [1.807, 2.05) is 38.1 Å². The quantitative estimate of drug-likeness (QED) is 0.360. The van der Waals surface area contributed by atoms with Crippen molar-refractivity contribution < 1.29 is 14.3 Å². The second-order valence-corrected chi connectivity index (χ2v) is 7.31. The number of aryl methyl sites for hydroxylation is 2. The van der Waals surface area contributed by atoms with Gasteiger partial charge in [-0.25, -0.2) is 4.79 Å². The molecule has 3 aromatic carbocycles. The Balaban J connectivity index is 1.97. The van der Waals surface area contributed by atoms with Crippen molar-refractivity contribution in [2.75, 3.05) is 0 Å². The van der Waals surface area contributed by atoms with Crippen LogP contribution in [0.25, 0.3) is 0 Å². The van der Waals surface area contributed by atoms with Crippen LogP contribution in [0.3, 0.4) is 0 Å². The number of esters is 1. The summed E-state index contributed by atoms with van der Waals surface area (Å²) in [5.74, 6) is -1.02. The highest BCUT2D eigenvalue weighted by Gasteiger charge is 2.28. The first-order valence-corrected chi connectivity index (χ1v) is 9.45. The first-order chi connectivity index (χ1) is 13.4.